The van der Waals surface area contributed by atoms with Gasteiger partial charge >= 0.3 is 5.97 Å². The van der Waals surface area contributed by atoms with E-state index in [1.165, 1.54) is 26.1 Å². The molecular weight excluding hydrogens is 310 g/mol. The van der Waals surface area contributed by atoms with E-state index in [0.29, 0.717) is 11.4 Å². The predicted molar refractivity (Wildman–Crippen MR) is 88.5 cm³/mol. The molecule has 2 aromatic rings. The largest absolute Gasteiger partial charge is 0.448 e. The summed E-state index contributed by atoms with van der Waals surface area (Å²) in [5, 5.41) is 5.25. The minimum atomic E-state index is -0.977. The molecule has 24 heavy (non-hydrogen) atoms. The molecule has 2 N–H and O–H groups in total. The lowest BCUT2D eigenvalue weighted by Crippen LogP contribution is -2.30. The Hall–Kier alpha value is -3.22. The lowest BCUT2D eigenvalue weighted by molar-refractivity contribution is -0.123. The van der Waals surface area contributed by atoms with Gasteiger partial charge in [0.1, 0.15) is 5.69 Å². The number of hydrogen-bond acceptors (Lipinski definition) is 5. The van der Waals surface area contributed by atoms with Crippen molar-refractivity contribution in [1.29, 1.82) is 0 Å². The van der Waals surface area contributed by atoms with Crippen molar-refractivity contribution >= 4 is 29.2 Å². The topological polar surface area (TPSA) is 97.4 Å². The number of amides is 2. The van der Waals surface area contributed by atoms with Crippen molar-refractivity contribution in [1.82, 2.24) is 4.98 Å². The molecule has 124 valence electrons. The highest BCUT2D eigenvalue weighted by Crippen LogP contribution is 2.14. The molecule has 0 radical (unpaired) electrons. The van der Waals surface area contributed by atoms with Crippen LogP contribution in [-0.2, 0) is 14.3 Å². The molecule has 0 fully saturated rings. The van der Waals surface area contributed by atoms with Gasteiger partial charge in [-0.05, 0) is 43.3 Å². The van der Waals surface area contributed by atoms with E-state index in [0.717, 1.165) is 0 Å². The van der Waals surface area contributed by atoms with Crippen molar-refractivity contribution < 1.29 is 19.1 Å². The Bertz CT molecular complexity index is 729. The highest BCUT2D eigenvalue weighted by molar-refractivity contribution is 5.97. The number of nitrogens with zero attached hydrogens (tertiary/aromatic N) is 1. The van der Waals surface area contributed by atoms with Crippen LogP contribution in [0.5, 0.6) is 0 Å². The monoisotopic (exact) mass is 327 g/mol. The van der Waals surface area contributed by atoms with Crippen LogP contribution < -0.4 is 10.6 Å². The van der Waals surface area contributed by atoms with Gasteiger partial charge in [-0.15, -0.1) is 0 Å². The number of ether oxygens (including phenoxy) is 1. The number of hydrogen-bond donors (Lipinski definition) is 2. The highest BCUT2D eigenvalue weighted by Gasteiger charge is 2.19. The van der Waals surface area contributed by atoms with Crippen LogP contribution in [0.4, 0.5) is 11.4 Å². The predicted octanol–water partition coefficient (Wildman–Crippen LogP) is 2.22. The summed E-state index contributed by atoms with van der Waals surface area (Å²) in [4.78, 5) is 38.7. The number of carbonyl (C=O) groups excluding carboxylic acids is 3. The van der Waals surface area contributed by atoms with E-state index >= 15 is 0 Å². The molecule has 0 aliphatic rings. The first-order chi connectivity index (χ1) is 11.5. The van der Waals surface area contributed by atoms with E-state index in [2.05, 4.69) is 15.6 Å². The van der Waals surface area contributed by atoms with Crippen LogP contribution in [0.1, 0.15) is 24.3 Å². The van der Waals surface area contributed by atoms with Gasteiger partial charge in [-0.3, -0.25) is 9.59 Å². The maximum atomic E-state index is 12.1. The van der Waals surface area contributed by atoms with Gasteiger partial charge in [0.05, 0.1) is 0 Å². The molecule has 0 bridgehead atoms. The van der Waals surface area contributed by atoms with Gasteiger partial charge in [0.25, 0.3) is 5.91 Å². The van der Waals surface area contributed by atoms with Crippen LogP contribution >= 0.6 is 0 Å². The number of benzene rings is 1. The molecule has 0 saturated carbocycles. The number of carbonyl (C=O) groups is 3. The second kappa shape index (κ2) is 7.87. The molecule has 0 spiro atoms. The zero-order valence-electron chi connectivity index (χ0n) is 13.3. The summed E-state index contributed by atoms with van der Waals surface area (Å²) < 4.78 is 5.08. The standard InChI is InChI=1S/C17H17N3O4/c1-11(24-17(23)15-5-3-4-10-18-15)16(22)20-14-8-6-13(7-9-14)19-12(2)21/h3-11H,1-2H3,(H,19,21)(H,20,22)/t11-/m1/s1. The quantitative estimate of drug-likeness (QED) is 0.821. The number of aromatic nitrogens is 1. The Morgan fingerprint density at radius 1 is 1.00 bits per heavy atom. The van der Waals surface area contributed by atoms with Crippen molar-refractivity contribution in [3.05, 3.63) is 54.4 Å². The number of nitrogens with one attached hydrogen (secondary N) is 2. The van der Waals surface area contributed by atoms with Crippen LogP contribution in [-0.4, -0.2) is 28.9 Å². The summed E-state index contributed by atoms with van der Waals surface area (Å²) in [6, 6.07) is 11.4. The van der Waals surface area contributed by atoms with Crippen molar-refractivity contribution in [2.75, 3.05) is 10.6 Å². The van der Waals surface area contributed by atoms with E-state index in [1.807, 2.05) is 0 Å². The Kier molecular flexibility index (Phi) is 5.62. The number of rotatable bonds is 5. The molecule has 1 heterocycles. The van der Waals surface area contributed by atoms with Crippen molar-refractivity contribution in [3.63, 3.8) is 0 Å². The fraction of sp³-hybridized carbons (Fsp3) is 0.176. The van der Waals surface area contributed by atoms with E-state index < -0.39 is 18.0 Å². The average molecular weight is 327 g/mol. The number of anilines is 2. The van der Waals surface area contributed by atoms with Crippen LogP contribution in [0.3, 0.4) is 0 Å². The van der Waals surface area contributed by atoms with E-state index in [-0.39, 0.29) is 11.6 Å². The zero-order valence-corrected chi connectivity index (χ0v) is 13.3. The molecule has 1 aromatic carbocycles. The van der Waals surface area contributed by atoms with Crippen molar-refractivity contribution in [2.24, 2.45) is 0 Å². The van der Waals surface area contributed by atoms with Gasteiger partial charge in [0.2, 0.25) is 5.91 Å². The van der Waals surface area contributed by atoms with Gasteiger partial charge in [-0.2, -0.15) is 0 Å². The summed E-state index contributed by atoms with van der Waals surface area (Å²) in [5.74, 6) is -1.31. The van der Waals surface area contributed by atoms with Crippen molar-refractivity contribution in [3.8, 4) is 0 Å². The third kappa shape index (κ3) is 4.91. The first-order valence-electron chi connectivity index (χ1n) is 7.26. The van der Waals surface area contributed by atoms with Gasteiger partial charge in [0.15, 0.2) is 6.10 Å². The molecule has 0 aliphatic carbocycles. The van der Waals surface area contributed by atoms with Gasteiger partial charge in [0, 0.05) is 24.5 Å². The summed E-state index contributed by atoms with van der Waals surface area (Å²) in [6.07, 6.45) is 0.493. The van der Waals surface area contributed by atoms with Gasteiger partial charge in [-0.1, -0.05) is 6.07 Å². The van der Waals surface area contributed by atoms with E-state index in [9.17, 15) is 14.4 Å². The van der Waals surface area contributed by atoms with Crippen LogP contribution in [0.2, 0.25) is 0 Å². The fourth-order valence-corrected chi connectivity index (χ4v) is 1.84. The SMILES string of the molecule is CC(=O)Nc1ccc(NC(=O)[C@@H](C)OC(=O)c2ccccn2)cc1. The van der Waals surface area contributed by atoms with Gasteiger partial charge in [-0.25, -0.2) is 9.78 Å². The second-order valence-corrected chi connectivity index (χ2v) is 5.01. The maximum Gasteiger partial charge on any atom is 0.357 e. The van der Waals surface area contributed by atoms with Crippen LogP contribution in [0.15, 0.2) is 48.7 Å². The first kappa shape index (κ1) is 17.1. The highest BCUT2D eigenvalue weighted by atomic mass is 16.5. The smallest absolute Gasteiger partial charge is 0.357 e. The zero-order chi connectivity index (χ0) is 17.5. The van der Waals surface area contributed by atoms with E-state index in [1.54, 1.807) is 36.4 Å². The van der Waals surface area contributed by atoms with Crippen LogP contribution in [0.25, 0.3) is 0 Å². The van der Waals surface area contributed by atoms with Crippen molar-refractivity contribution in [2.45, 2.75) is 20.0 Å². The lowest BCUT2D eigenvalue weighted by atomic mass is 10.2. The fourth-order valence-electron chi connectivity index (χ4n) is 1.84. The number of esters is 1. The Morgan fingerprint density at radius 2 is 1.62 bits per heavy atom. The first-order valence-corrected chi connectivity index (χ1v) is 7.26. The summed E-state index contributed by atoms with van der Waals surface area (Å²) in [5.41, 5.74) is 1.28. The summed E-state index contributed by atoms with van der Waals surface area (Å²) >= 11 is 0. The van der Waals surface area contributed by atoms with E-state index in [4.69, 9.17) is 4.74 Å². The number of pyridine rings is 1. The Morgan fingerprint density at radius 3 is 2.17 bits per heavy atom. The maximum absolute atomic E-state index is 12.1. The van der Waals surface area contributed by atoms with Gasteiger partial charge < -0.3 is 15.4 Å². The molecule has 0 aliphatic heterocycles. The molecule has 2 rings (SSSR count). The molecule has 7 heteroatoms. The normalized spacial score (nSPS) is 11.2. The Labute approximate surface area is 139 Å². The molecule has 1 aromatic heterocycles. The lowest BCUT2D eigenvalue weighted by Gasteiger charge is -2.13. The molecular formula is C17H17N3O4. The second-order valence-electron chi connectivity index (χ2n) is 5.01. The van der Waals surface area contributed by atoms with Crippen LogP contribution in [0, 0.1) is 0 Å². The third-order valence-electron chi connectivity index (χ3n) is 3.00. The molecule has 1 atom stereocenters. The molecule has 0 saturated heterocycles. The molecule has 7 nitrogen and oxygen atoms in total. The summed E-state index contributed by atoms with van der Waals surface area (Å²) in [6.45, 7) is 2.88. The Balaban J connectivity index is 1.91. The summed E-state index contributed by atoms with van der Waals surface area (Å²) in [7, 11) is 0. The third-order valence-corrected chi connectivity index (χ3v) is 3.00. The molecule has 2 amide bonds. The minimum absolute atomic E-state index is 0.136. The average Bonchev–Trinajstić information content (AvgIpc) is 2.56. The molecule has 0 unspecified atom stereocenters. The minimum Gasteiger partial charge on any atom is -0.448 e.